The van der Waals surface area contributed by atoms with E-state index in [1.165, 1.54) is 33.8 Å². The van der Waals surface area contributed by atoms with Crippen LogP contribution in [0.25, 0.3) is 11.4 Å². The normalized spacial score (nSPS) is 10.9. The molecule has 4 rings (SSSR count). The lowest BCUT2D eigenvalue weighted by Gasteiger charge is -2.11. The van der Waals surface area contributed by atoms with Gasteiger partial charge in [-0.1, -0.05) is 6.07 Å². The van der Waals surface area contributed by atoms with Gasteiger partial charge in [0.15, 0.2) is 5.13 Å². The van der Waals surface area contributed by atoms with Crippen molar-refractivity contribution in [3.63, 3.8) is 0 Å². The molecule has 0 saturated carbocycles. The van der Waals surface area contributed by atoms with Crippen LogP contribution in [0.5, 0.6) is 5.75 Å². The molecule has 0 aliphatic rings. The molecule has 1 amide bonds. The molecule has 0 unspecified atom stereocenters. The maximum atomic E-state index is 12.6. The Morgan fingerprint density at radius 1 is 1.17 bits per heavy atom. The number of thiazole rings is 1. The van der Waals surface area contributed by atoms with Crippen LogP contribution in [-0.4, -0.2) is 20.7 Å². The molecule has 154 valence electrons. The number of aromatic nitrogens is 3. The number of rotatable bonds is 6. The van der Waals surface area contributed by atoms with Gasteiger partial charge in [0.25, 0.3) is 5.91 Å². The summed E-state index contributed by atoms with van der Waals surface area (Å²) in [6, 6.07) is 7.95. The Labute approximate surface area is 183 Å². The van der Waals surface area contributed by atoms with E-state index in [9.17, 15) is 4.79 Å². The Morgan fingerprint density at radius 2 is 2.00 bits per heavy atom. The summed E-state index contributed by atoms with van der Waals surface area (Å²) in [5.41, 5.74) is 6.19. The number of carbonyl (C=O) groups is 1. The first-order valence-corrected chi connectivity index (χ1v) is 11.2. The number of thiophene rings is 1. The first-order chi connectivity index (χ1) is 14.4. The molecule has 6 nitrogen and oxygen atoms in total. The molecule has 8 heteroatoms. The third-order valence-corrected chi connectivity index (χ3v) is 6.58. The molecule has 0 aliphatic heterocycles. The number of anilines is 1. The van der Waals surface area contributed by atoms with Crippen LogP contribution in [0.1, 0.15) is 31.9 Å². The van der Waals surface area contributed by atoms with Gasteiger partial charge in [-0.05, 0) is 61.0 Å². The highest BCUT2D eigenvalue weighted by Crippen LogP contribution is 2.27. The summed E-state index contributed by atoms with van der Waals surface area (Å²) >= 11 is 2.79. The van der Waals surface area contributed by atoms with E-state index >= 15 is 0 Å². The van der Waals surface area contributed by atoms with E-state index in [2.05, 4.69) is 42.2 Å². The molecule has 1 N–H and O–H groups in total. The van der Waals surface area contributed by atoms with Crippen LogP contribution in [0, 0.1) is 20.8 Å². The standard InChI is InChI=1S/C22H22N4O2S2/c1-13-7-14(2)15(3)19(8-13)28-10-16-9-20(29-11-16)21(27)25-22-24-17(12-30-22)18-5-6-23-26(18)4/h5-9,11-12H,10H2,1-4H3,(H,24,25,27). The summed E-state index contributed by atoms with van der Waals surface area (Å²) in [6.45, 7) is 6.63. The molecule has 0 atom stereocenters. The Kier molecular flexibility index (Phi) is 5.69. The number of benzene rings is 1. The summed E-state index contributed by atoms with van der Waals surface area (Å²) < 4.78 is 7.76. The molecular weight excluding hydrogens is 416 g/mol. The van der Waals surface area contributed by atoms with Crippen molar-refractivity contribution in [2.45, 2.75) is 27.4 Å². The zero-order valence-corrected chi connectivity index (χ0v) is 18.9. The van der Waals surface area contributed by atoms with Gasteiger partial charge >= 0.3 is 0 Å². The molecule has 0 aliphatic carbocycles. The van der Waals surface area contributed by atoms with E-state index in [4.69, 9.17) is 4.74 Å². The second-order valence-corrected chi connectivity index (χ2v) is 8.91. The first-order valence-electron chi connectivity index (χ1n) is 9.44. The molecule has 3 heterocycles. The number of nitrogens with one attached hydrogen (secondary N) is 1. The molecule has 0 radical (unpaired) electrons. The van der Waals surface area contributed by atoms with E-state index in [0.717, 1.165) is 28.3 Å². The second-order valence-electron chi connectivity index (χ2n) is 7.14. The Balaban J connectivity index is 1.40. The van der Waals surface area contributed by atoms with Crippen molar-refractivity contribution in [3.8, 4) is 17.1 Å². The highest BCUT2D eigenvalue weighted by molar-refractivity contribution is 7.14. The van der Waals surface area contributed by atoms with Gasteiger partial charge < -0.3 is 4.74 Å². The zero-order valence-electron chi connectivity index (χ0n) is 17.2. The number of ether oxygens (including phenoxy) is 1. The monoisotopic (exact) mass is 438 g/mol. The van der Waals surface area contributed by atoms with Gasteiger partial charge in [-0.2, -0.15) is 5.10 Å². The summed E-state index contributed by atoms with van der Waals surface area (Å²) in [5.74, 6) is 0.718. The number of hydrogen-bond acceptors (Lipinski definition) is 6. The van der Waals surface area contributed by atoms with Crippen LogP contribution in [0.4, 0.5) is 5.13 Å². The third-order valence-electron chi connectivity index (χ3n) is 4.84. The van der Waals surface area contributed by atoms with Crippen LogP contribution in [0.15, 0.2) is 41.2 Å². The highest BCUT2D eigenvalue weighted by Gasteiger charge is 2.14. The number of aryl methyl sites for hydroxylation is 3. The van der Waals surface area contributed by atoms with E-state index in [1.54, 1.807) is 10.9 Å². The van der Waals surface area contributed by atoms with Crippen molar-refractivity contribution >= 4 is 33.7 Å². The molecule has 30 heavy (non-hydrogen) atoms. The maximum absolute atomic E-state index is 12.6. The van der Waals surface area contributed by atoms with E-state index in [1.807, 2.05) is 36.0 Å². The van der Waals surface area contributed by atoms with Crippen molar-refractivity contribution in [2.75, 3.05) is 5.32 Å². The molecular formula is C22H22N4O2S2. The summed E-state index contributed by atoms with van der Waals surface area (Å²) in [5, 5.41) is 11.5. The molecule has 4 aromatic rings. The van der Waals surface area contributed by atoms with Crippen LogP contribution in [0.3, 0.4) is 0 Å². The smallest absolute Gasteiger partial charge is 0.267 e. The minimum atomic E-state index is -0.167. The Bertz CT molecular complexity index is 1210. The number of amides is 1. The van der Waals surface area contributed by atoms with E-state index < -0.39 is 0 Å². The summed E-state index contributed by atoms with van der Waals surface area (Å²) in [6.07, 6.45) is 1.72. The van der Waals surface area contributed by atoms with Gasteiger partial charge in [0.05, 0.1) is 10.6 Å². The van der Waals surface area contributed by atoms with Crippen molar-refractivity contribution in [3.05, 3.63) is 68.4 Å². The van der Waals surface area contributed by atoms with Gasteiger partial charge in [-0.15, -0.1) is 22.7 Å². The van der Waals surface area contributed by atoms with Gasteiger partial charge in [-0.3, -0.25) is 14.8 Å². The van der Waals surface area contributed by atoms with Gasteiger partial charge in [0.2, 0.25) is 0 Å². The fourth-order valence-corrected chi connectivity index (χ4v) is 4.61. The lowest BCUT2D eigenvalue weighted by molar-refractivity contribution is 0.103. The average Bonchev–Trinajstić information content (AvgIpc) is 3.44. The summed E-state index contributed by atoms with van der Waals surface area (Å²) in [7, 11) is 1.86. The Morgan fingerprint density at radius 3 is 2.77 bits per heavy atom. The molecule has 1 aromatic carbocycles. The largest absolute Gasteiger partial charge is 0.489 e. The zero-order chi connectivity index (χ0) is 21.3. The van der Waals surface area contributed by atoms with Crippen molar-refractivity contribution in [1.82, 2.24) is 14.8 Å². The third kappa shape index (κ3) is 4.29. The average molecular weight is 439 g/mol. The molecule has 0 bridgehead atoms. The van der Waals surface area contributed by atoms with Gasteiger partial charge in [-0.25, -0.2) is 4.98 Å². The fraction of sp³-hybridized carbons (Fsp3) is 0.227. The Hall–Kier alpha value is -2.97. The molecule has 3 aromatic heterocycles. The van der Waals surface area contributed by atoms with Crippen LogP contribution in [0.2, 0.25) is 0 Å². The SMILES string of the molecule is Cc1cc(C)c(C)c(OCc2csc(C(=O)Nc3nc(-c4ccnn4C)cs3)c2)c1. The van der Waals surface area contributed by atoms with Gasteiger partial charge in [0.1, 0.15) is 18.1 Å². The fourth-order valence-electron chi connectivity index (χ4n) is 3.11. The van der Waals surface area contributed by atoms with Gasteiger partial charge in [0, 0.05) is 24.2 Å². The lowest BCUT2D eigenvalue weighted by atomic mass is 10.1. The summed E-state index contributed by atoms with van der Waals surface area (Å²) in [4.78, 5) is 17.7. The van der Waals surface area contributed by atoms with Crippen LogP contribution >= 0.6 is 22.7 Å². The number of hydrogen-bond donors (Lipinski definition) is 1. The maximum Gasteiger partial charge on any atom is 0.267 e. The van der Waals surface area contributed by atoms with Crippen molar-refractivity contribution < 1.29 is 9.53 Å². The second kappa shape index (κ2) is 8.41. The van der Waals surface area contributed by atoms with Crippen LogP contribution < -0.4 is 10.1 Å². The number of nitrogens with zero attached hydrogens (tertiary/aromatic N) is 3. The van der Waals surface area contributed by atoms with Crippen molar-refractivity contribution in [2.24, 2.45) is 7.05 Å². The highest BCUT2D eigenvalue weighted by atomic mass is 32.1. The predicted molar refractivity (Wildman–Crippen MR) is 122 cm³/mol. The van der Waals surface area contributed by atoms with E-state index in [-0.39, 0.29) is 5.91 Å². The molecule has 0 saturated heterocycles. The minimum Gasteiger partial charge on any atom is -0.489 e. The lowest BCUT2D eigenvalue weighted by Crippen LogP contribution is -2.10. The molecule has 0 fully saturated rings. The van der Waals surface area contributed by atoms with Crippen molar-refractivity contribution in [1.29, 1.82) is 0 Å². The van der Waals surface area contributed by atoms with Crippen LogP contribution in [-0.2, 0) is 13.7 Å². The molecule has 0 spiro atoms. The quantitative estimate of drug-likeness (QED) is 0.440. The topological polar surface area (TPSA) is 69.0 Å². The first kappa shape index (κ1) is 20.3. The predicted octanol–water partition coefficient (Wildman–Crippen LogP) is 5.36. The number of carbonyl (C=O) groups excluding carboxylic acids is 1. The van der Waals surface area contributed by atoms with E-state index in [0.29, 0.717) is 16.6 Å². The minimum absolute atomic E-state index is 0.167.